The third-order valence-electron chi connectivity index (χ3n) is 4.29. The number of nitrogens with one attached hydrogen (secondary N) is 1. The lowest BCUT2D eigenvalue weighted by atomic mass is 9.95. The van der Waals surface area contributed by atoms with Gasteiger partial charge in [-0.1, -0.05) is 12.1 Å². The molecule has 1 aliphatic carbocycles. The molecule has 0 unspecified atom stereocenters. The van der Waals surface area contributed by atoms with Crippen molar-refractivity contribution in [2.75, 3.05) is 5.32 Å². The lowest BCUT2D eigenvalue weighted by Gasteiger charge is -2.15. The van der Waals surface area contributed by atoms with E-state index < -0.39 is 23.7 Å². The van der Waals surface area contributed by atoms with E-state index in [0.29, 0.717) is 25.0 Å². The molecule has 0 spiro atoms. The van der Waals surface area contributed by atoms with Gasteiger partial charge >= 0.3 is 6.18 Å². The number of amides is 2. The fourth-order valence-electron chi connectivity index (χ4n) is 3.16. The Bertz CT molecular complexity index is 858. The third-order valence-corrected chi connectivity index (χ3v) is 4.29. The zero-order chi connectivity index (χ0) is 18.9. The van der Waals surface area contributed by atoms with Gasteiger partial charge in [0.1, 0.15) is 6.54 Å². The van der Waals surface area contributed by atoms with Crippen LogP contribution in [-0.2, 0) is 30.4 Å². The summed E-state index contributed by atoms with van der Waals surface area (Å²) >= 11 is 0. The van der Waals surface area contributed by atoms with Crippen LogP contribution in [0.3, 0.4) is 0 Å². The number of benzene rings is 1. The normalized spacial score (nSPS) is 14.0. The fraction of sp³-hybridized carbons (Fsp3) is 0.353. The number of nitrogens with zero attached hydrogens (tertiary/aromatic N) is 2. The Labute approximate surface area is 147 Å². The SMILES string of the molecule is NC(=O)c1ccccc1NC(=O)Cn1nc(C(F)(F)F)c2c1CCCC2. The average molecular weight is 366 g/mol. The summed E-state index contributed by atoms with van der Waals surface area (Å²) in [6, 6.07) is 6.15. The number of hydrogen-bond acceptors (Lipinski definition) is 3. The van der Waals surface area contributed by atoms with Crippen LogP contribution in [-0.4, -0.2) is 21.6 Å². The molecule has 138 valence electrons. The molecule has 0 aliphatic heterocycles. The molecule has 0 fully saturated rings. The van der Waals surface area contributed by atoms with Gasteiger partial charge in [-0.05, 0) is 37.8 Å². The summed E-state index contributed by atoms with van der Waals surface area (Å²) in [7, 11) is 0. The molecular weight excluding hydrogens is 349 g/mol. The largest absolute Gasteiger partial charge is 0.435 e. The van der Waals surface area contributed by atoms with Crippen LogP contribution in [0.1, 0.15) is 40.2 Å². The van der Waals surface area contributed by atoms with E-state index in [1.165, 1.54) is 12.1 Å². The van der Waals surface area contributed by atoms with Crippen molar-refractivity contribution in [1.29, 1.82) is 0 Å². The molecule has 1 heterocycles. The van der Waals surface area contributed by atoms with Gasteiger partial charge in [-0.3, -0.25) is 14.3 Å². The van der Waals surface area contributed by atoms with E-state index in [4.69, 9.17) is 5.73 Å². The Balaban J connectivity index is 1.85. The van der Waals surface area contributed by atoms with Crippen LogP contribution >= 0.6 is 0 Å². The Morgan fingerprint density at radius 1 is 1.19 bits per heavy atom. The number of alkyl halides is 3. The topological polar surface area (TPSA) is 90.0 Å². The van der Waals surface area contributed by atoms with Crippen LogP contribution in [0.25, 0.3) is 0 Å². The van der Waals surface area contributed by atoms with Crippen LogP contribution in [0.5, 0.6) is 0 Å². The molecule has 1 aromatic heterocycles. The van der Waals surface area contributed by atoms with Crippen LogP contribution in [0, 0.1) is 0 Å². The molecule has 0 atom stereocenters. The number of anilines is 1. The van der Waals surface area contributed by atoms with Crippen molar-refractivity contribution in [3.05, 3.63) is 46.8 Å². The minimum atomic E-state index is -4.55. The number of primary amides is 1. The summed E-state index contributed by atoms with van der Waals surface area (Å²) in [5.74, 6) is -1.29. The van der Waals surface area contributed by atoms with Crippen LogP contribution in [0.2, 0.25) is 0 Å². The van der Waals surface area contributed by atoms with Crippen molar-refractivity contribution in [3.63, 3.8) is 0 Å². The van der Waals surface area contributed by atoms with Gasteiger partial charge < -0.3 is 11.1 Å². The van der Waals surface area contributed by atoms with E-state index in [-0.39, 0.29) is 23.4 Å². The molecule has 3 rings (SSSR count). The molecule has 1 aromatic carbocycles. The van der Waals surface area contributed by atoms with Crippen LogP contribution < -0.4 is 11.1 Å². The molecular formula is C17H17F3N4O2. The van der Waals surface area contributed by atoms with E-state index >= 15 is 0 Å². The first-order chi connectivity index (χ1) is 12.3. The summed E-state index contributed by atoms with van der Waals surface area (Å²) in [5.41, 5.74) is 5.29. The molecule has 26 heavy (non-hydrogen) atoms. The second-order valence-corrected chi connectivity index (χ2v) is 6.09. The van der Waals surface area contributed by atoms with Gasteiger partial charge in [0.2, 0.25) is 5.91 Å². The van der Waals surface area contributed by atoms with Gasteiger partial charge in [-0.25, -0.2) is 0 Å². The summed E-state index contributed by atoms with van der Waals surface area (Å²) < 4.78 is 40.7. The zero-order valence-corrected chi connectivity index (χ0v) is 13.8. The van der Waals surface area contributed by atoms with E-state index in [2.05, 4.69) is 10.4 Å². The molecule has 0 saturated carbocycles. The molecule has 0 bridgehead atoms. The first kappa shape index (κ1) is 18.0. The third kappa shape index (κ3) is 3.56. The molecule has 2 aromatic rings. The minimum absolute atomic E-state index is 0.124. The molecule has 6 nitrogen and oxygen atoms in total. The van der Waals surface area contributed by atoms with E-state index in [1.807, 2.05) is 0 Å². The molecule has 9 heteroatoms. The van der Waals surface area contributed by atoms with Gasteiger partial charge in [0, 0.05) is 11.3 Å². The van der Waals surface area contributed by atoms with Crippen molar-refractivity contribution in [3.8, 4) is 0 Å². The minimum Gasteiger partial charge on any atom is -0.366 e. The van der Waals surface area contributed by atoms with E-state index in [9.17, 15) is 22.8 Å². The molecule has 2 amide bonds. The van der Waals surface area contributed by atoms with Crippen LogP contribution in [0.15, 0.2) is 24.3 Å². The smallest absolute Gasteiger partial charge is 0.366 e. The number of para-hydroxylation sites is 1. The Morgan fingerprint density at radius 2 is 1.88 bits per heavy atom. The number of carbonyl (C=O) groups excluding carboxylic acids is 2. The van der Waals surface area contributed by atoms with Crippen molar-refractivity contribution in [2.45, 2.75) is 38.4 Å². The number of carbonyl (C=O) groups is 2. The van der Waals surface area contributed by atoms with Gasteiger partial charge in [0.05, 0.1) is 11.3 Å². The number of fused-ring (bicyclic) bond motifs is 1. The molecule has 0 saturated heterocycles. The zero-order valence-electron chi connectivity index (χ0n) is 13.8. The second kappa shape index (κ2) is 6.81. The Kier molecular flexibility index (Phi) is 4.71. The summed E-state index contributed by atoms with van der Waals surface area (Å²) in [6.07, 6.45) is -2.39. The lowest BCUT2D eigenvalue weighted by molar-refractivity contribution is -0.142. The monoisotopic (exact) mass is 366 g/mol. The standard InChI is InChI=1S/C17H17F3N4O2/c18-17(19,20)15-11-6-2-4-8-13(11)24(23-15)9-14(25)22-12-7-3-1-5-10(12)16(21)26/h1,3,5,7H,2,4,6,8-9H2,(H2,21,26)(H,22,25). The maximum atomic E-state index is 13.2. The van der Waals surface area contributed by atoms with Crippen LogP contribution in [0.4, 0.5) is 18.9 Å². The molecule has 0 radical (unpaired) electrons. The predicted octanol–water partition coefficient (Wildman–Crippen LogP) is 2.52. The van der Waals surface area contributed by atoms with Gasteiger partial charge in [-0.15, -0.1) is 0 Å². The summed E-state index contributed by atoms with van der Waals surface area (Å²) in [6.45, 7) is -0.370. The maximum absolute atomic E-state index is 13.2. The Morgan fingerprint density at radius 3 is 2.58 bits per heavy atom. The second-order valence-electron chi connectivity index (χ2n) is 6.09. The Hall–Kier alpha value is -2.84. The van der Waals surface area contributed by atoms with E-state index in [0.717, 1.165) is 11.1 Å². The summed E-state index contributed by atoms with van der Waals surface area (Å²) in [5, 5.41) is 6.15. The molecule has 3 N–H and O–H groups in total. The van der Waals surface area contributed by atoms with E-state index in [1.54, 1.807) is 12.1 Å². The maximum Gasteiger partial charge on any atom is 0.435 e. The highest BCUT2D eigenvalue weighted by molar-refractivity contribution is 6.02. The van der Waals surface area contributed by atoms with Crippen molar-refractivity contribution >= 4 is 17.5 Å². The van der Waals surface area contributed by atoms with Gasteiger partial charge in [-0.2, -0.15) is 18.3 Å². The number of nitrogens with two attached hydrogens (primary N) is 1. The van der Waals surface area contributed by atoms with Crippen molar-refractivity contribution < 1.29 is 22.8 Å². The highest BCUT2D eigenvalue weighted by Gasteiger charge is 2.39. The quantitative estimate of drug-likeness (QED) is 0.871. The average Bonchev–Trinajstić information content (AvgIpc) is 2.94. The first-order valence-electron chi connectivity index (χ1n) is 8.12. The highest BCUT2D eigenvalue weighted by Crippen LogP contribution is 2.35. The fourth-order valence-corrected chi connectivity index (χ4v) is 3.16. The van der Waals surface area contributed by atoms with Gasteiger partial charge in [0.25, 0.3) is 5.91 Å². The van der Waals surface area contributed by atoms with Crippen molar-refractivity contribution in [2.24, 2.45) is 5.73 Å². The molecule has 1 aliphatic rings. The highest BCUT2D eigenvalue weighted by atomic mass is 19.4. The van der Waals surface area contributed by atoms with Crippen molar-refractivity contribution in [1.82, 2.24) is 9.78 Å². The lowest BCUT2D eigenvalue weighted by Crippen LogP contribution is -2.23. The number of aromatic nitrogens is 2. The summed E-state index contributed by atoms with van der Waals surface area (Å²) in [4.78, 5) is 23.7. The number of rotatable bonds is 4. The predicted molar refractivity (Wildman–Crippen MR) is 87.5 cm³/mol. The number of hydrogen-bond donors (Lipinski definition) is 2. The van der Waals surface area contributed by atoms with Gasteiger partial charge in [0.15, 0.2) is 5.69 Å². The first-order valence-corrected chi connectivity index (χ1v) is 8.12. The number of halogens is 3.